The topological polar surface area (TPSA) is 94.3 Å². The van der Waals surface area contributed by atoms with E-state index in [4.69, 9.17) is 9.47 Å². The van der Waals surface area contributed by atoms with Crippen LogP contribution in [0.3, 0.4) is 0 Å². The summed E-state index contributed by atoms with van der Waals surface area (Å²) in [7, 11) is 0. The molecule has 2 aromatic rings. The fourth-order valence-electron chi connectivity index (χ4n) is 3.23. The lowest BCUT2D eigenvalue weighted by Crippen LogP contribution is -2.58. The van der Waals surface area contributed by atoms with Crippen molar-refractivity contribution in [1.82, 2.24) is 19.7 Å². The fraction of sp³-hybridized carbons (Fsp3) is 0.462. The largest absolute Gasteiger partial charge is 0.366 e. The summed E-state index contributed by atoms with van der Waals surface area (Å²) in [5, 5.41) is 18.2. The van der Waals surface area contributed by atoms with Crippen LogP contribution in [0.25, 0.3) is 11.4 Å². The van der Waals surface area contributed by atoms with Crippen molar-refractivity contribution in [3.63, 3.8) is 0 Å². The molecule has 2 N–H and O–H groups in total. The quantitative estimate of drug-likeness (QED) is 0.770. The molecule has 2 saturated heterocycles. The zero-order valence-electron chi connectivity index (χ0n) is 11.0. The fourth-order valence-corrected chi connectivity index (χ4v) is 3.23. The van der Waals surface area contributed by atoms with Crippen LogP contribution >= 0.6 is 0 Å². The number of anilines is 1. The first-order valence-electron chi connectivity index (χ1n) is 6.87. The van der Waals surface area contributed by atoms with E-state index in [0.717, 1.165) is 5.56 Å². The van der Waals surface area contributed by atoms with E-state index in [-0.39, 0.29) is 12.1 Å². The molecule has 2 fully saturated rings. The molecule has 8 nitrogen and oxygen atoms in total. The second-order valence-electron chi connectivity index (χ2n) is 5.60. The van der Waals surface area contributed by atoms with Crippen LogP contribution in [0.4, 0.5) is 5.95 Å². The highest BCUT2D eigenvalue weighted by atomic mass is 16.7. The Morgan fingerprint density at radius 1 is 1.38 bits per heavy atom. The van der Waals surface area contributed by atoms with Gasteiger partial charge < -0.3 is 19.9 Å². The van der Waals surface area contributed by atoms with Gasteiger partial charge in [-0.15, -0.1) is 5.10 Å². The number of fused-ring (bicyclic) bond motifs is 8. The predicted molar refractivity (Wildman–Crippen MR) is 70.1 cm³/mol. The van der Waals surface area contributed by atoms with Crippen LogP contribution in [0, 0.1) is 0 Å². The van der Waals surface area contributed by atoms with Gasteiger partial charge in [-0.25, -0.2) is 4.68 Å². The Morgan fingerprint density at radius 2 is 2.24 bits per heavy atom. The molecule has 5 heterocycles. The molecule has 4 unspecified atom stereocenters. The van der Waals surface area contributed by atoms with Crippen LogP contribution < -0.4 is 5.32 Å². The summed E-state index contributed by atoms with van der Waals surface area (Å²) in [6.45, 7) is 0.462. The van der Waals surface area contributed by atoms with Crippen molar-refractivity contribution >= 4 is 5.95 Å². The van der Waals surface area contributed by atoms with Gasteiger partial charge in [0.05, 0.1) is 12.6 Å². The molecule has 0 aromatic carbocycles. The zero-order valence-corrected chi connectivity index (χ0v) is 11.0. The average molecular weight is 287 g/mol. The first-order chi connectivity index (χ1) is 10.2. The first kappa shape index (κ1) is 11.6. The van der Waals surface area contributed by atoms with E-state index in [2.05, 4.69) is 20.4 Å². The van der Waals surface area contributed by atoms with Gasteiger partial charge in [0.2, 0.25) is 12.2 Å². The normalized spacial score (nSPS) is 36.1. The molecule has 108 valence electrons. The van der Waals surface area contributed by atoms with Crippen molar-refractivity contribution in [2.75, 3.05) is 11.9 Å². The van der Waals surface area contributed by atoms with Crippen LogP contribution in [-0.2, 0) is 9.47 Å². The third-order valence-electron chi connectivity index (χ3n) is 4.26. The molecule has 4 atom stereocenters. The maximum atomic E-state index is 10.7. The standard InChI is InChI=1S/C13H13N5O3/c19-13-5-8(9-6-20-11(13)21-9)18-12(16-13)15-10(17-18)7-1-3-14-4-2-7/h1-4,8-9,11,19H,5-6H2,(H,15,16,17). The maximum Gasteiger partial charge on any atom is 0.224 e. The molecule has 21 heavy (non-hydrogen) atoms. The minimum atomic E-state index is -1.24. The van der Waals surface area contributed by atoms with Crippen molar-refractivity contribution in [1.29, 1.82) is 0 Å². The van der Waals surface area contributed by atoms with Gasteiger partial charge in [0.15, 0.2) is 11.5 Å². The number of nitrogens with one attached hydrogen (secondary N) is 1. The van der Waals surface area contributed by atoms with E-state index >= 15 is 0 Å². The molecular weight excluding hydrogens is 274 g/mol. The molecule has 4 bridgehead atoms. The van der Waals surface area contributed by atoms with Gasteiger partial charge in [0.1, 0.15) is 6.10 Å². The molecule has 0 amide bonds. The highest BCUT2D eigenvalue weighted by Gasteiger charge is 2.57. The van der Waals surface area contributed by atoms with Crippen molar-refractivity contribution in [2.24, 2.45) is 0 Å². The average Bonchev–Trinajstić information content (AvgIpc) is 3.11. The molecule has 5 rings (SSSR count). The van der Waals surface area contributed by atoms with Crippen LogP contribution in [0.1, 0.15) is 12.5 Å². The molecule has 3 aliphatic rings. The smallest absolute Gasteiger partial charge is 0.224 e. The Bertz CT molecular complexity index is 705. The van der Waals surface area contributed by atoms with Crippen molar-refractivity contribution < 1.29 is 14.6 Å². The zero-order chi connectivity index (χ0) is 14.0. The summed E-state index contributed by atoms with van der Waals surface area (Å²) in [6.07, 6.45) is 3.16. The van der Waals surface area contributed by atoms with Crippen LogP contribution in [0.15, 0.2) is 24.5 Å². The summed E-state index contributed by atoms with van der Waals surface area (Å²) in [5.74, 6) is 1.15. The summed E-state index contributed by atoms with van der Waals surface area (Å²) in [5.41, 5.74) is -0.353. The molecule has 2 aromatic heterocycles. The maximum absolute atomic E-state index is 10.7. The van der Waals surface area contributed by atoms with E-state index in [0.29, 0.717) is 24.8 Å². The van der Waals surface area contributed by atoms with E-state index < -0.39 is 12.0 Å². The van der Waals surface area contributed by atoms with Gasteiger partial charge in [0.25, 0.3) is 0 Å². The van der Waals surface area contributed by atoms with Gasteiger partial charge in [-0.3, -0.25) is 4.98 Å². The number of nitrogens with zero attached hydrogens (tertiary/aromatic N) is 4. The second kappa shape index (κ2) is 3.79. The molecule has 0 radical (unpaired) electrons. The van der Waals surface area contributed by atoms with Gasteiger partial charge in [-0.05, 0) is 12.1 Å². The summed E-state index contributed by atoms with van der Waals surface area (Å²) < 4.78 is 13.0. The van der Waals surface area contributed by atoms with Gasteiger partial charge in [0, 0.05) is 24.4 Å². The Kier molecular flexibility index (Phi) is 2.09. The molecule has 0 saturated carbocycles. The van der Waals surface area contributed by atoms with E-state index in [1.54, 1.807) is 17.1 Å². The lowest BCUT2D eigenvalue weighted by molar-refractivity contribution is -0.215. The van der Waals surface area contributed by atoms with Gasteiger partial charge >= 0.3 is 0 Å². The number of hydrogen-bond donors (Lipinski definition) is 2. The lowest BCUT2D eigenvalue weighted by atomic mass is 9.95. The molecule has 3 aliphatic heterocycles. The Labute approximate surface area is 119 Å². The number of aromatic nitrogens is 4. The minimum Gasteiger partial charge on any atom is -0.366 e. The lowest BCUT2D eigenvalue weighted by Gasteiger charge is -2.44. The summed E-state index contributed by atoms with van der Waals surface area (Å²) in [6, 6.07) is 3.63. The van der Waals surface area contributed by atoms with E-state index in [1.807, 2.05) is 12.1 Å². The van der Waals surface area contributed by atoms with Crippen LogP contribution in [0.2, 0.25) is 0 Å². The SMILES string of the molecule is OC12CC(C3COC1O3)n1nc(-c3ccncc3)nc1N2. The third-order valence-corrected chi connectivity index (χ3v) is 4.26. The Morgan fingerprint density at radius 3 is 3.10 bits per heavy atom. The first-order valence-corrected chi connectivity index (χ1v) is 6.87. The van der Waals surface area contributed by atoms with Crippen molar-refractivity contribution in [3.05, 3.63) is 24.5 Å². The van der Waals surface area contributed by atoms with Gasteiger partial charge in [-0.1, -0.05) is 0 Å². The molecule has 0 aliphatic carbocycles. The monoisotopic (exact) mass is 287 g/mol. The van der Waals surface area contributed by atoms with E-state index in [1.165, 1.54) is 0 Å². The predicted octanol–water partition coefficient (Wildman–Crippen LogP) is 0.140. The summed E-state index contributed by atoms with van der Waals surface area (Å²) >= 11 is 0. The van der Waals surface area contributed by atoms with E-state index in [9.17, 15) is 5.11 Å². The number of ether oxygens (including phenoxy) is 2. The van der Waals surface area contributed by atoms with Crippen molar-refractivity contribution in [2.45, 2.75) is 30.6 Å². The minimum absolute atomic E-state index is 0.0758. The highest BCUT2D eigenvalue weighted by molar-refractivity contribution is 5.56. The Balaban J connectivity index is 1.62. The molecule has 0 spiro atoms. The van der Waals surface area contributed by atoms with Gasteiger partial charge in [-0.2, -0.15) is 4.98 Å². The van der Waals surface area contributed by atoms with Crippen molar-refractivity contribution in [3.8, 4) is 11.4 Å². The Hall–Kier alpha value is -2.03. The highest BCUT2D eigenvalue weighted by Crippen LogP contribution is 2.45. The number of aliphatic hydroxyl groups is 1. The van der Waals surface area contributed by atoms with Crippen LogP contribution in [-0.4, -0.2) is 49.6 Å². The van der Waals surface area contributed by atoms with Crippen LogP contribution in [0.5, 0.6) is 0 Å². The third kappa shape index (κ3) is 1.52. The number of pyridine rings is 1. The summed E-state index contributed by atoms with van der Waals surface area (Å²) in [4.78, 5) is 8.48. The molecular formula is C13H13N5O3. The molecule has 8 heteroatoms. The number of rotatable bonds is 1. The number of hydrogen-bond acceptors (Lipinski definition) is 7. The second-order valence-corrected chi connectivity index (χ2v) is 5.60.